The summed E-state index contributed by atoms with van der Waals surface area (Å²) in [6, 6.07) is 19.7. The van der Waals surface area contributed by atoms with Crippen LogP contribution in [0.25, 0.3) is 5.32 Å². The molecule has 6 heteroatoms. The molecule has 0 aliphatic rings. The van der Waals surface area contributed by atoms with Gasteiger partial charge < -0.3 is 10.1 Å². The van der Waals surface area contributed by atoms with E-state index in [1.807, 2.05) is 45.0 Å². The standard InChI is InChI=1S/C13H17NO2.C8H11Si.Cu.Li/c1-10(2)9-11(3)16-13(15)14-12-7-5-4-6-8-12;1-9(2)8-6-4-3-5-7-8;;/h4-9,11H,1-3H3,(H,14,15);3-7H,1-2H3;;/q;;;+1/p-1. The molecule has 0 heterocycles. The monoisotopic (exact) mass is 423 g/mol. The number of hydrogen-bond acceptors (Lipinski definition) is 2. The zero-order valence-corrected chi connectivity index (χ0v) is 18.9. The number of nitrogens with zero attached hydrogens (tertiary/aromatic N) is 1. The first-order chi connectivity index (χ1) is 11.9. The van der Waals surface area contributed by atoms with E-state index in [1.54, 1.807) is 12.1 Å². The molecule has 27 heavy (non-hydrogen) atoms. The van der Waals surface area contributed by atoms with Gasteiger partial charge in [0.1, 0.15) is 6.10 Å². The van der Waals surface area contributed by atoms with E-state index in [1.165, 1.54) is 5.19 Å². The minimum absolute atomic E-state index is 0. The minimum atomic E-state index is -0.559. The van der Waals surface area contributed by atoms with Gasteiger partial charge in [0.05, 0.1) is 8.80 Å². The summed E-state index contributed by atoms with van der Waals surface area (Å²) in [6.07, 6.45) is 1.07. The molecule has 2 aromatic rings. The van der Waals surface area contributed by atoms with Crippen LogP contribution in [0.1, 0.15) is 20.8 Å². The van der Waals surface area contributed by atoms with Gasteiger partial charge in [0.2, 0.25) is 6.09 Å². The van der Waals surface area contributed by atoms with Crippen molar-refractivity contribution in [2.45, 2.75) is 40.0 Å². The van der Waals surface area contributed by atoms with Gasteiger partial charge in [0.25, 0.3) is 0 Å². The largest absolute Gasteiger partial charge is 1.00 e. The van der Waals surface area contributed by atoms with Crippen LogP contribution in [-0.2, 0) is 21.8 Å². The second-order valence-electron chi connectivity index (χ2n) is 6.15. The number of rotatable bonds is 4. The van der Waals surface area contributed by atoms with Gasteiger partial charge in [0.15, 0.2) is 0 Å². The number of ether oxygens (including phenoxy) is 1. The molecule has 0 bridgehead atoms. The number of benzene rings is 2. The average molecular weight is 424 g/mol. The summed E-state index contributed by atoms with van der Waals surface area (Å²) in [7, 11) is -0.212. The number of hydrogen-bond donors (Lipinski definition) is 0. The Kier molecular flexibility index (Phi) is 16.4. The second kappa shape index (κ2) is 15.8. The van der Waals surface area contributed by atoms with E-state index in [4.69, 9.17) is 4.74 Å². The molecular formula is C21H27CuLiNO2Si. The maximum absolute atomic E-state index is 11.4. The molecule has 0 aliphatic carbocycles. The maximum Gasteiger partial charge on any atom is 1.00 e. The zero-order chi connectivity index (χ0) is 18.7. The van der Waals surface area contributed by atoms with Crippen molar-refractivity contribution in [3.63, 3.8) is 0 Å². The topological polar surface area (TPSA) is 40.4 Å². The van der Waals surface area contributed by atoms with Crippen LogP contribution in [0.15, 0.2) is 72.3 Å². The molecule has 0 aliphatic heterocycles. The third-order valence-electron chi connectivity index (χ3n) is 3.18. The van der Waals surface area contributed by atoms with E-state index in [-0.39, 0.29) is 50.8 Å². The van der Waals surface area contributed by atoms with Gasteiger partial charge in [-0.3, -0.25) is 4.79 Å². The summed E-state index contributed by atoms with van der Waals surface area (Å²) < 4.78 is 5.08. The van der Waals surface area contributed by atoms with E-state index >= 15 is 0 Å². The fourth-order valence-electron chi connectivity index (χ4n) is 2.07. The Morgan fingerprint density at radius 3 is 1.89 bits per heavy atom. The predicted octanol–water partition coefficient (Wildman–Crippen LogP) is 2.83. The summed E-state index contributed by atoms with van der Waals surface area (Å²) in [5.74, 6) is 0. The summed E-state index contributed by atoms with van der Waals surface area (Å²) in [6.45, 7) is 10.3. The van der Waals surface area contributed by atoms with Crippen LogP contribution < -0.4 is 24.0 Å². The molecule has 0 N–H and O–H groups in total. The molecule has 1 atom stereocenters. The molecule has 0 aromatic heterocycles. The normalized spacial score (nSPS) is 10.1. The van der Waals surface area contributed by atoms with Crippen LogP contribution in [0.5, 0.6) is 0 Å². The molecule has 0 saturated carbocycles. The van der Waals surface area contributed by atoms with Crippen molar-refractivity contribution in [3.8, 4) is 0 Å². The van der Waals surface area contributed by atoms with Crippen LogP contribution in [0.4, 0.5) is 10.5 Å². The molecule has 0 fully saturated rings. The second-order valence-corrected chi connectivity index (χ2v) is 8.72. The Balaban J connectivity index is 0. The van der Waals surface area contributed by atoms with Gasteiger partial charge in [-0.25, -0.2) is 0 Å². The molecular weight excluding hydrogens is 397 g/mol. The number of carbonyl (C=O) groups is 1. The average Bonchev–Trinajstić information content (AvgIpc) is 2.56. The van der Waals surface area contributed by atoms with Gasteiger partial charge in [-0.05, 0) is 26.8 Å². The van der Waals surface area contributed by atoms with E-state index < -0.39 is 6.09 Å². The van der Waals surface area contributed by atoms with Gasteiger partial charge in [0, 0.05) is 17.1 Å². The first kappa shape index (κ1) is 28.0. The maximum atomic E-state index is 11.4. The van der Waals surface area contributed by atoms with E-state index in [9.17, 15) is 4.79 Å². The first-order valence-electron chi connectivity index (χ1n) is 8.36. The van der Waals surface area contributed by atoms with Crippen molar-refractivity contribution >= 4 is 25.8 Å². The molecule has 1 amide bonds. The van der Waals surface area contributed by atoms with Gasteiger partial charge in [-0.2, -0.15) is 0 Å². The van der Waals surface area contributed by atoms with Crippen LogP contribution in [0.3, 0.4) is 0 Å². The molecule has 144 valence electrons. The number of allylic oxidation sites excluding steroid dienone is 1. The van der Waals surface area contributed by atoms with Crippen molar-refractivity contribution < 1.29 is 45.5 Å². The van der Waals surface area contributed by atoms with E-state index in [2.05, 4.69) is 48.7 Å². The van der Waals surface area contributed by atoms with Gasteiger partial charge in [-0.1, -0.05) is 84.5 Å². The Morgan fingerprint density at radius 1 is 1.00 bits per heavy atom. The predicted molar refractivity (Wildman–Crippen MR) is 108 cm³/mol. The van der Waals surface area contributed by atoms with Crippen molar-refractivity contribution in [2.75, 3.05) is 0 Å². The summed E-state index contributed by atoms with van der Waals surface area (Å²) in [5, 5.41) is 5.33. The molecule has 0 saturated heterocycles. The van der Waals surface area contributed by atoms with Crippen LogP contribution in [0, 0.1) is 0 Å². The Bertz CT molecular complexity index is 662. The molecule has 3 nitrogen and oxygen atoms in total. The SMILES string of the molecule is CC(C)=CC(C)OC(=O)[N-]c1ccccc1.C[Si](C)c1ccccc1.[Cu].[Li+]. The van der Waals surface area contributed by atoms with E-state index in [0.717, 1.165) is 5.57 Å². The van der Waals surface area contributed by atoms with Crippen LogP contribution in [-0.4, -0.2) is 21.0 Å². The summed E-state index contributed by atoms with van der Waals surface area (Å²) in [4.78, 5) is 11.4. The van der Waals surface area contributed by atoms with E-state index in [0.29, 0.717) is 5.69 Å². The molecule has 2 radical (unpaired) electrons. The fourth-order valence-corrected chi connectivity index (χ4v) is 2.93. The Labute approximate surface area is 188 Å². The number of carbonyl (C=O) groups excluding carboxylic acids is 1. The molecule has 0 spiro atoms. The first-order valence-corrected chi connectivity index (χ1v) is 10.9. The van der Waals surface area contributed by atoms with Crippen LogP contribution in [0.2, 0.25) is 13.1 Å². The number of para-hydroxylation sites is 1. The van der Waals surface area contributed by atoms with Crippen molar-refractivity contribution in [1.82, 2.24) is 0 Å². The molecule has 2 rings (SSSR count). The third-order valence-corrected chi connectivity index (χ3v) is 4.67. The van der Waals surface area contributed by atoms with Crippen molar-refractivity contribution in [3.05, 3.63) is 77.6 Å². The van der Waals surface area contributed by atoms with Crippen molar-refractivity contribution in [1.29, 1.82) is 0 Å². The summed E-state index contributed by atoms with van der Waals surface area (Å²) >= 11 is 0. The fraction of sp³-hybridized carbons (Fsp3) is 0.286. The Morgan fingerprint density at radius 2 is 1.48 bits per heavy atom. The quantitative estimate of drug-likeness (QED) is 0.560. The van der Waals surface area contributed by atoms with Gasteiger partial charge in [-0.15, -0.1) is 5.69 Å². The Hall–Kier alpha value is -1.22. The minimum Gasteiger partial charge on any atom is -0.591 e. The third kappa shape index (κ3) is 13.6. The number of amides is 1. The molecule has 1 unspecified atom stereocenters. The zero-order valence-electron chi connectivity index (χ0n) is 17.0. The smallest absolute Gasteiger partial charge is 0.591 e. The van der Waals surface area contributed by atoms with Gasteiger partial charge >= 0.3 is 18.9 Å². The molecule has 2 aromatic carbocycles. The summed E-state index contributed by atoms with van der Waals surface area (Å²) in [5.41, 5.74) is 1.72. The van der Waals surface area contributed by atoms with Crippen molar-refractivity contribution in [2.24, 2.45) is 0 Å². The van der Waals surface area contributed by atoms with Crippen LogP contribution >= 0.6 is 0 Å².